The SMILES string of the molecule is CCNC(=NCC(CC(C)C)N1CCOCC1)NC(C)CCCN(CC)CC.I. The molecule has 0 radical (unpaired) electrons. The summed E-state index contributed by atoms with van der Waals surface area (Å²) in [4.78, 5) is 10.0. The highest BCUT2D eigenvalue weighted by Crippen LogP contribution is 2.14. The lowest BCUT2D eigenvalue weighted by atomic mass is 10.0. The number of ether oxygens (including phenoxy) is 1. The molecule has 0 aromatic heterocycles. The number of aliphatic imine (C=N–C) groups is 1. The minimum Gasteiger partial charge on any atom is -0.379 e. The van der Waals surface area contributed by atoms with E-state index in [1.165, 1.54) is 25.8 Å². The predicted molar refractivity (Wildman–Crippen MR) is 137 cm³/mol. The molecule has 0 aliphatic carbocycles. The summed E-state index contributed by atoms with van der Waals surface area (Å²) in [6.07, 6.45) is 3.57. The highest BCUT2D eigenvalue weighted by Gasteiger charge is 2.22. The quantitative estimate of drug-likeness (QED) is 0.219. The van der Waals surface area contributed by atoms with Crippen molar-refractivity contribution < 1.29 is 4.74 Å². The summed E-state index contributed by atoms with van der Waals surface area (Å²) < 4.78 is 5.54. The molecule has 7 heteroatoms. The first-order chi connectivity index (χ1) is 13.5. The molecule has 1 saturated heterocycles. The number of hydrogen-bond donors (Lipinski definition) is 2. The largest absolute Gasteiger partial charge is 0.379 e. The summed E-state index contributed by atoms with van der Waals surface area (Å²) in [5.41, 5.74) is 0. The Morgan fingerprint density at radius 2 is 1.76 bits per heavy atom. The number of guanidine groups is 1. The van der Waals surface area contributed by atoms with Crippen molar-refractivity contribution in [2.75, 3.05) is 59.0 Å². The number of rotatable bonds is 13. The average Bonchev–Trinajstić information content (AvgIpc) is 2.69. The molecule has 1 fully saturated rings. The number of nitrogens with zero attached hydrogens (tertiary/aromatic N) is 3. The Balaban J connectivity index is 0.00000784. The van der Waals surface area contributed by atoms with Gasteiger partial charge < -0.3 is 20.3 Å². The van der Waals surface area contributed by atoms with Crippen LogP contribution in [-0.2, 0) is 4.74 Å². The van der Waals surface area contributed by atoms with Crippen molar-refractivity contribution >= 4 is 29.9 Å². The molecule has 0 bridgehead atoms. The summed E-state index contributed by atoms with van der Waals surface area (Å²) >= 11 is 0. The highest BCUT2D eigenvalue weighted by atomic mass is 127. The van der Waals surface area contributed by atoms with Gasteiger partial charge in [0.2, 0.25) is 0 Å². The molecule has 1 heterocycles. The Morgan fingerprint density at radius 3 is 2.31 bits per heavy atom. The van der Waals surface area contributed by atoms with E-state index in [-0.39, 0.29) is 24.0 Å². The average molecular weight is 526 g/mol. The maximum atomic E-state index is 5.54. The Kier molecular flexibility index (Phi) is 17.5. The van der Waals surface area contributed by atoms with Crippen LogP contribution in [0.1, 0.15) is 60.8 Å². The third-order valence-electron chi connectivity index (χ3n) is 5.50. The second-order valence-electron chi connectivity index (χ2n) is 8.37. The molecule has 6 nitrogen and oxygen atoms in total. The highest BCUT2D eigenvalue weighted by molar-refractivity contribution is 14.0. The van der Waals surface area contributed by atoms with Gasteiger partial charge in [0.25, 0.3) is 0 Å². The molecule has 0 aromatic rings. The molecule has 1 aliphatic heterocycles. The molecule has 0 amide bonds. The Hall–Kier alpha value is -0.120. The summed E-state index contributed by atoms with van der Waals surface area (Å²) in [5, 5.41) is 7.05. The van der Waals surface area contributed by atoms with E-state index in [0.29, 0.717) is 18.0 Å². The van der Waals surface area contributed by atoms with Gasteiger partial charge in [0.1, 0.15) is 0 Å². The molecule has 1 aliphatic rings. The van der Waals surface area contributed by atoms with Gasteiger partial charge in [0, 0.05) is 31.7 Å². The van der Waals surface area contributed by atoms with Gasteiger partial charge in [-0.1, -0.05) is 27.7 Å². The lowest BCUT2D eigenvalue weighted by molar-refractivity contribution is 0.0143. The fourth-order valence-corrected chi connectivity index (χ4v) is 3.81. The molecule has 2 unspecified atom stereocenters. The topological polar surface area (TPSA) is 52.1 Å². The van der Waals surface area contributed by atoms with E-state index in [1.807, 2.05) is 0 Å². The Bertz CT molecular complexity index is 412. The third-order valence-corrected chi connectivity index (χ3v) is 5.50. The fourth-order valence-electron chi connectivity index (χ4n) is 3.81. The van der Waals surface area contributed by atoms with Crippen molar-refractivity contribution in [3.8, 4) is 0 Å². The molecule has 29 heavy (non-hydrogen) atoms. The van der Waals surface area contributed by atoms with Crippen LogP contribution in [0.25, 0.3) is 0 Å². The first-order valence-corrected chi connectivity index (χ1v) is 11.6. The van der Waals surface area contributed by atoms with E-state index < -0.39 is 0 Å². The lowest BCUT2D eigenvalue weighted by Crippen LogP contribution is -2.47. The zero-order chi connectivity index (χ0) is 20.8. The summed E-state index contributed by atoms with van der Waals surface area (Å²) in [7, 11) is 0. The van der Waals surface area contributed by atoms with E-state index in [4.69, 9.17) is 9.73 Å². The second-order valence-corrected chi connectivity index (χ2v) is 8.37. The lowest BCUT2D eigenvalue weighted by Gasteiger charge is -2.34. The first kappa shape index (κ1) is 28.9. The van der Waals surface area contributed by atoms with Crippen molar-refractivity contribution in [2.24, 2.45) is 10.9 Å². The van der Waals surface area contributed by atoms with Gasteiger partial charge >= 0.3 is 0 Å². The molecule has 0 saturated carbocycles. The van der Waals surface area contributed by atoms with Crippen molar-refractivity contribution in [1.29, 1.82) is 0 Å². The molecule has 2 N–H and O–H groups in total. The van der Waals surface area contributed by atoms with Crippen molar-refractivity contribution in [3.63, 3.8) is 0 Å². The Morgan fingerprint density at radius 1 is 1.10 bits per heavy atom. The zero-order valence-electron chi connectivity index (χ0n) is 19.9. The smallest absolute Gasteiger partial charge is 0.191 e. The minimum atomic E-state index is 0. The molecule has 2 atom stereocenters. The summed E-state index contributed by atoms with van der Waals surface area (Å²) in [6.45, 7) is 22.4. The molecular formula is C22H48IN5O. The van der Waals surface area contributed by atoms with Gasteiger partial charge in [-0.25, -0.2) is 0 Å². The van der Waals surface area contributed by atoms with Gasteiger partial charge in [-0.05, 0) is 58.7 Å². The van der Waals surface area contributed by atoms with Crippen LogP contribution in [0, 0.1) is 5.92 Å². The zero-order valence-corrected chi connectivity index (χ0v) is 22.2. The van der Waals surface area contributed by atoms with Gasteiger partial charge in [-0.15, -0.1) is 24.0 Å². The van der Waals surface area contributed by atoms with Crippen LogP contribution in [0.3, 0.4) is 0 Å². The molecule has 1 rings (SSSR count). The van der Waals surface area contributed by atoms with Crippen molar-refractivity contribution in [2.45, 2.75) is 72.9 Å². The van der Waals surface area contributed by atoms with E-state index >= 15 is 0 Å². The number of nitrogens with one attached hydrogen (secondary N) is 2. The fraction of sp³-hybridized carbons (Fsp3) is 0.955. The van der Waals surface area contributed by atoms with Gasteiger partial charge in [-0.3, -0.25) is 9.89 Å². The van der Waals surface area contributed by atoms with Crippen LogP contribution in [-0.4, -0.2) is 86.9 Å². The van der Waals surface area contributed by atoms with E-state index in [0.717, 1.165) is 58.4 Å². The molecule has 174 valence electrons. The minimum absolute atomic E-state index is 0. The van der Waals surface area contributed by atoms with Crippen LogP contribution in [0.2, 0.25) is 0 Å². The molecule has 0 aromatic carbocycles. The summed E-state index contributed by atoms with van der Waals surface area (Å²) in [5.74, 6) is 1.64. The van der Waals surface area contributed by atoms with Gasteiger partial charge in [0.05, 0.1) is 19.8 Å². The standard InChI is InChI=1S/C22H47N5O.HI/c1-7-23-22(25-20(6)11-10-12-26(8-2)9-3)24-18-21(17-19(4)5)27-13-15-28-16-14-27;/h19-21H,7-18H2,1-6H3,(H2,23,24,25);1H. The Labute approximate surface area is 197 Å². The number of halogens is 1. The van der Waals surface area contributed by atoms with Gasteiger partial charge in [-0.2, -0.15) is 0 Å². The number of hydrogen-bond acceptors (Lipinski definition) is 4. The predicted octanol–water partition coefficient (Wildman–Crippen LogP) is 3.42. The maximum Gasteiger partial charge on any atom is 0.191 e. The molecule has 0 spiro atoms. The van der Waals surface area contributed by atoms with E-state index in [2.05, 4.69) is 62.0 Å². The third kappa shape index (κ3) is 13.0. The van der Waals surface area contributed by atoms with Gasteiger partial charge in [0.15, 0.2) is 5.96 Å². The van der Waals surface area contributed by atoms with Crippen LogP contribution < -0.4 is 10.6 Å². The second kappa shape index (κ2) is 17.5. The van der Waals surface area contributed by atoms with Crippen LogP contribution in [0.4, 0.5) is 0 Å². The monoisotopic (exact) mass is 525 g/mol. The van der Waals surface area contributed by atoms with Crippen LogP contribution in [0.15, 0.2) is 4.99 Å². The van der Waals surface area contributed by atoms with Crippen molar-refractivity contribution in [1.82, 2.24) is 20.4 Å². The van der Waals surface area contributed by atoms with E-state index in [1.54, 1.807) is 0 Å². The van der Waals surface area contributed by atoms with Crippen molar-refractivity contribution in [3.05, 3.63) is 0 Å². The summed E-state index contributed by atoms with van der Waals surface area (Å²) in [6, 6.07) is 0.928. The number of morpholine rings is 1. The normalized spacial score (nSPS) is 17.9. The first-order valence-electron chi connectivity index (χ1n) is 11.6. The van der Waals surface area contributed by atoms with Crippen LogP contribution >= 0.6 is 24.0 Å². The van der Waals surface area contributed by atoms with Crippen LogP contribution in [0.5, 0.6) is 0 Å². The maximum absolute atomic E-state index is 5.54. The molecular weight excluding hydrogens is 477 g/mol. The van der Waals surface area contributed by atoms with E-state index in [9.17, 15) is 0 Å².